The van der Waals surface area contributed by atoms with Crippen molar-refractivity contribution in [1.82, 2.24) is 0 Å². The number of carbonyl (C=O) groups is 3. The number of nitrogens with one attached hydrogen (secondary N) is 1. The van der Waals surface area contributed by atoms with E-state index in [1.807, 2.05) is 13.8 Å². The summed E-state index contributed by atoms with van der Waals surface area (Å²) in [4.78, 5) is 39.4. The van der Waals surface area contributed by atoms with Crippen LogP contribution < -0.4 is 10.2 Å². The molecule has 2 aromatic carbocycles. The smallest absolute Gasteiger partial charge is 0.224 e. The molecule has 0 aromatic heterocycles. The number of rotatable bonds is 2. The molecule has 1 unspecified atom stereocenters. The van der Waals surface area contributed by atoms with Crippen molar-refractivity contribution in [2.45, 2.75) is 39.7 Å². The first-order valence-corrected chi connectivity index (χ1v) is 10.7. The Hall–Kier alpha value is -2.63. The number of hydrogen-bond donors (Lipinski definition) is 1. The maximum absolute atomic E-state index is 13.4. The molecule has 5 nitrogen and oxygen atoms in total. The molecule has 7 heteroatoms. The van der Waals surface area contributed by atoms with Gasteiger partial charge in [0.25, 0.3) is 0 Å². The Morgan fingerprint density at radius 2 is 1.90 bits per heavy atom. The maximum atomic E-state index is 13.4. The van der Waals surface area contributed by atoms with E-state index in [1.165, 1.54) is 6.92 Å². The number of benzene rings is 2. The van der Waals surface area contributed by atoms with Crippen LogP contribution in [0, 0.1) is 5.41 Å². The Morgan fingerprint density at radius 3 is 2.55 bits per heavy atom. The molecule has 0 saturated heterocycles. The van der Waals surface area contributed by atoms with Crippen molar-refractivity contribution in [1.29, 1.82) is 0 Å². The second-order valence-corrected chi connectivity index (χ2v) is 9.65. The topological polar surface area (TPSA) is 66.5 Å². The summed E-state index contributed by atoms with van der Waals surface area (Å²) in [5.41, 5.74) is 3.29. The van der Waals surface area contributed by atoms with Gasteiger partial charge in [-0.15, -0.1) is 0 Å². The van der Waals surface area contributed by atoms with E-state index in [-0.39, 0.29) is 17.1 Å². The number of fused-ring (bicyclic) bond motifs is 1. The summed E-state index contributed by atoms with van der Waals surface area (Å²) in [6.07, 6.45) is 1.73. The summed E-state index contributed by atoms with van der Waals surface area (Å²) in [6, 6.07) is 9.43. The molecule has 1 atom stereocenters. The van der Waals surface area contributed by atoms with Gasteiger partial charge in [0.2, 0.25) is 5.91 Å². The predicted octanol–water partition coefficient (Wildman–Crippen LogP) is 5.97. The molecule has 0 radical (unpaired) electrons. The van der Waals surface area contributed by atoms with Crippen LogP contribution in [0.5, 0.6) is 0 Å². The first kappa shape index (κ1) is 21.6. The number of allylic oxidation sites excluding steroid dienone is 1. The minimum absolute atomic E-state index is 0.0376. The Kier molecular flexibility index (Phi) is 5.44. The van der Waals surface area contributed by atoms with Crippen LogP contribution >= 0.6 is 23.2 Å². The van der Waals surface area contributed by atoms with E-state index in [1.54, 1.807) is 41.3 Å². The normalized spacial score (nSPS) is 19.8. The number of anilines is 2. The molecule has 31 heavy (non-hydrogen) atoms. The number of carbonyl (C=O) groups excluding carboxylic acids is 3. The second kappa shape index (κ2) is 7.81. The van der Waals surface area contributed by atoms with Crippen molar-refractivity contribution in [2.24, 2.45) is 5.41 Å². The average Bonchev–Trinajstić information content (AvgIpc) is 2.80. The van der Waals surface area contributed by atoms with Gasteiger partial charge in [-0.1, -0.05) is 43.1 Å². The van der Waals surface area contributed by atoms with Gasteiger partial charge in [0, 0.05) is 40.2 Å². The van der Waals surface area contributed by atoms with Crippen molar-refractivity contribution in [2.75, 3.05) is 10.2 Å². The molecule has 2 aliphatic rings. The molecule has 0 saturated carbocycles. The van der Waals surface area contributed by atoms with Crippen LogP contribution in [0.25, 0.3) is 0 Å². The molecular weight excluding hydrogens is 435 g/mol. The molecule has 1 aliphatic heterocycles. The second-order valence-electron chi connectivity index (χ2n) is 8.81. The number of nitrogens with zero attached hydrogens (tertiary/aromatic N) is 1. The number of hydrogen-bond acceptors (Lipinski definition) is 4. The van der Waals surface area contributed by atoms with Gasteiger partial charge in [-0.05, 0) is 47.7 Å². The fraction of sp³-hybridized carbons (Fsp3) is 0.292. The van der Waals surface area contributed by atoms with E-state index in [0.717, 1.165) is 12.0 Å². The van der Waals surface area contributed by atoms with Crippen LogP contribution in [0.3, 0.4) is 0 Å². The lowest BCUT2D eigenvalue weighted by atomic mass is 9.73. The van der Waals surface area contributed by atoms with Crippen LogP contribution in [0.15, 0.2) is 47.7 Å². The van der Waals surface area contributed by atoms with E-state index in [4.69, 9.17) is 23.2 Å². The fourth-order valence-electron chi connectivity index (χ4n) is 4.50. The Bertz CT molecular complexity index is 1150. The van der Waals surface area contributed by atoms with E-state index < -0.39 is 6.04 Å². The zero-order chi connectivity index (χ0) is 22.5. The molecule has 4 rings (SSSR count). The highest BCUT2D eigenvalue weighted by atomic mass is 35.5. The fourth-order valence-corrected chi connectivity index (χ4v) is 5.01. The van der Waals surface area contributed by atoms with Gasteiger partial charge in [-0.3, -0.25) is 19.3 Å². The van der Waals surface area contributed by atoms with E-state index in [2.05, 4.69) is 5.32 Å². The first-order valence-electron chi connectivity index (χ1n) is 9.98. The lowest BCUT2D eigenvalue weighted by molar-refractivity contribution is -0.118. The highest BCUT2D eigenvalue weighted by molar-refractivity contribution is 6.35. The highest BCUT2D eigenvalue weighted by Gasteiger charge is 2.43. The summed E-state index contributed by atoms with van der Waals surface area (Å²) in [5.74, 6) is -0.284. The van der Waals surface area contributed by atoms with Crippen molar-refractivity contribution in [3.63, 3.8) is 0 Å². The molecule has 160 valence electrons. The van der Waals surface area contributed by atoms with Crippen LogP contribution in [-0.4, -0.2) is 18.0 Å². The van der Waals surface area contributed by atoms with Crippen molar-refractivity contribution in [3.8, 4) is 0 Å². The molecule has 1 amide bonds. The van der Waals surface area contributed by atoms with Crippen LogP contribution in [0.4, 0.5) is 11.4 Å². The molecule has 0 fully saturated rings. The van der Waals surface area contributed by atoms with E-state index in [0.29, 0.717) is 51.0 Å². The lowest BCUT2D eigenvalue weighted by Gasteiger charge is -2.37. The molecule has 1 N–H and O–H groups in total. The third-order valence-corrected chi connectivity index (χ3v) is 6.31. The zero-order valence-electron chi connectivity index (χ0n) is 17.5. The average molecular weight is 457 g/mol. The van der Waals surface area contributed by atoms with Gasteiger partial charge < -0.3 is 5.32 Å². The minimum atomic E-state index is -0.711. The number of amides is 1. The third kappa shape index (κ3) is 3.88. The van der Waals surface area contributed by atoms with Gasteiger partial charge in [0.15, 0.2) is 5.78 Å². The van der Waals surface area contributed by atoms with Crippen molar-refractivity contribution < 1.29 is 14.4 Å². The van der Waals surface area contributed by atoms with Crippen molar-refractivity contribution in [3.05, 3.63) is 68.8 Å². The molecule has 2 aromatic rings. The summed E-state index contributed by atoms with van der Waals surface area (Å²) in [6.45, 7) is 5.53. The number of ketones is 1. The van der Waals surface area contributed by atoms with Crippen LogP contribution in [0.1, 0.15) is 55.6 Å². The monoisotopic (exact) mass is 456 g/mol. The standard InChI is InChI=1S/C24H22Cl2N2O3/c1-13(30)28-20-7-4-14(12-29)8-18(20)27-19-10-24(2,3)11-21(31)22(19)23(28)16-6-5-15(25)9-17(16)26/h4-9,12,23,27H,10-11H2,1-3H3. The molecule has 0 bridgehead atoms. The van der Waals surface area contributed by atoms with Gasteiger partial charge in [-0.2, -0.15) is 0 Å². The van der Waals surface area contributed by atoms with Gasteiger partial charge >= 0.3 is 0 Å². The number of Topliss-reactive ketones (excluding diaryl/α,β-unsaturated/α-hetero) is 1. The summed E-state index contributed by atoms with van der Waals surface area (Å²) < 4.78 is 0. The maximum Gasteiger partial charge on any atom is 0.224 e. The highest BCUT2D eigenvalue weighted by Crippen LogP contribution is 2.49. The molecule has 1 heterocycles. The number of aldehydes is 1. The van der Waals surface area contributed by atoms with Crippen LogP contribution in [-0.2, 0) is 9.59 Å². The predicted molar refractivity (Wildman–Crippen MR) is 123 cm³/mol. The van der Waals surface area contributed by atoms with E-state index >= 15 is 0 Å². The van der Waals surface area contributed by atoms with Gasteiger partial charge in [-0.25, -0.2) is 0 Å². The zero-order valence-corrected chi connectivity index (χ0v) is 19.0. The van der Waals surface area contributed by atoms with Gasteiger partial charge in [0.1, 0.15) is 6.29 Å². The Labute approximate surface area is 191 Å². The first-order chi connectivity index (χ1) is 14.6. The molecule has 0 spiro atoms. The number of halogens is 2. The Morgan fingerprint density at radius 1 is 1.16 bits per heavy atom. The summed E-state index contributed by atoms with van der Waals surface area (Å²) in [5, 5.41) is 4.22. The largest absolute Gasteiger partial charge is 0.357 e. The van der Waals surface area contributed by atoms with Crippen LogP contribution in [0.2, 0.25) is 10.0 Å². The SMILES string of the molecule is CC(=O)N1c2ccc(C=O)cc2NC2=C(C(=O)CC(C)(C)C2)C1c1ccc(Cl)cc1Cl. The third-order valence-electron chi connectivity index (χ3n) is 5.75. The van der Waals surface area contributed by atoms with Crippen molar-refractivity contribution >= 4 is 52.6 Å². The Balaban J connectivity index is 2.05. The quantitative estimate of drug-likeness (QED) is 0.565. The molecule has 1 aliphatic carbocycles. The lowest BCUT2D eigenvalue weighted by Crippen LogP contribution is -2.38. The minimum Gasteiger partial charge on any atom is -0.357 e. The van der Waals surface area contributed by atoms with Gasteiger partial charge in [0.05, 0.1) is 17.4 Å². The van der Waals surface area contributed by atoms with E-state index in [9.17, 15) is 14.4 Å². The summed E-state index contributed by atoms with van der Waals surface area (Å²) in [7, 11) is 0. The summed E-state index contributed by atoms with van der Waals surface area (Å²) >= 11 is 12.7. The molecular formula is C24H22Cl2N2O3.